The second kappa shape index (κ2) is 13.4. The van der Waals surface area contributed by atoms with Gasteiger partial charge in [0.05, 0.1) is 24.5 Å². The summed E-state index contributed by atoms with van der Waals surface area (Å²) in [5, 5.41) is 9.21. The van der Waals surface area contributed by atoms with Gasteiger partial charge in [0.1, 0.15) is 11.6 Å². The molecule has 2 amide bonds. The third-order valence-electron chi connectivity index (χ3n) is 8.00. The van der Waals surface area contributed by atoms with Gasteiger partial charge in [-0.2, -0.15) is 0 Å². The molecule has 0 aromatic rings. The molecule has 3 fully saturated rings. The van der Waals surface area contributed by atoms with Gasteiger partial charge in [-0.3, -0.25) is 14.4 Å². The van der Waals surface area contributed by atoms with Gasteiger partial charge in [-0.25, -0.2) is 0 Å². The van der Waals surface area contributed by atoms with Crippen molar-refractivity contribution in [1.29, 1.82) is 0 Å². The summed E-state index contributed by atoms with van der Waals surface area (Å²) in [4.78, 5) is 44.8. The molecule has 37 heavy (non-hydrogen) atoms. The Hall–Kier alpha value is -1.71. The number of hydrogen-bond donors (Lipinski definition) is 1. The van der Waals surface area contributed by atoms with E-state index in [1.165, 1.54) is 0 Å². The van der Waals surface area contributed by atoms with Gasteiger partial charge >= 0.3 is 5.97 Å². The average Bonchev–Trinajstić information content (AvgIpc) is 3.46. The van der Waals surface area contributed by atoms with Crippen LogP contribution in [0, 0.1) is 11.8 Å². The Morgan fingerprint density at radius 1 is 1.30 bits per heavy atom. The highest BCUT2D eigenvalue weighted by atomic mass is 79.9. The molecule has 0 saturated carbocycles. The standard InChI is InChI=1S/C28H43BrN2O6/c1-5-8-12-17-36-27(35)21-22-25(33)31(15-10-9-11-16-32)24(28(22)18-20(29)23(21)37-28)26(34)30(14-7-3)19(4)13-6-2/h5,7,19-24,32H,1,3,6,8-18H2,2,4H3/t19?,20?,21-,22-,23-,24?,28?/m0/s1. The van der Waals surface area contributed by atoms with E-state index in [1.54, 1.807) is 22.0 Å². The van der Waals surface area contributed by atoms with E-state index in [-0.39, 0.29) is 35.9 Å². The number of unbranched alkanes of at least 4 members (excludes halogenated alkanes) is 3. The first-order valence-corrected chi connectivity index (χ1v) is 14.6. The van der Waals surface area contributed by atoms with Crippen LogP contribution in [0.2, 0.25) is 0 Å². The lowest BCUT2D eigenvalue weighted by molar-refractivity contribution is -0.155. The molecule has 9 heteroatoms. The number of allylic oxidation sites excluding steroid dienone is 1. The van der Waals surface area contributed by atoms with E-state index >= 15 is 0 Å². The fourth-order valence-electron chi connectivity index (χ4n) is 6.34. The minimum atomic E-state index is -1.08. The summed E-state index contributed by atoms with van der Waals surface area (Å²) in [6.07, 6.45) is 8.62. The summed E-state index contributed by atoms with van der Waals surface area (Å²) in [6, 6.07) is -0.844. The second-order valence-electron chi connectivity index (χ2n) is 10.5. The van der Waals surface area contributed by atoms with Crippen LogP contribution < -0.4 is 0 Å². The first kappa shape index (κ1) is 29.8. The van der Waals surface area contributed by atoms with Crippen LogP contribution in [0.15, 0.2) is 25.3 Å². The monoisotopic (exact) mass is 582 g/mol. The molecule has 3 aliphatic heterocycles. The predicted octanol–water partition coefficient (Wildman–Crippen LogP) is 3.61. The van der Waals surface area contributed by atoms with Crippen molar-refractivity contribution in [2.45, 2.75) is 93.8 Å². The zero-order valence-electron chi connectivity index (χ0n) is 22.3. The first-order valence-electron chi connectivity index (χ1n) is 13.7. The van der Waals surface area contributed by atoms with Crippen LogP contribution in [0.4, 0.5) is 0 Å². The van der Waals surface area contributed by atoms with E-state index < -0.39 is 35.6 Å². The number of alkyl halides is 1. The van der Waals surface area contributed by atoms with Crippen molar-refractivity contribution in [2.24, 2.45) is 11.8 Å². The maximum Gasteiger partial charge on any atom is 0.312 e. The SMILES string of the molecule is C=CCCCOC(=O)[C@H]1[C@H]2C(=O)N(CCCCCO)C(C(=O)N(CC=C)C(C)CCC)C23CC(Br)[C@@H]1O3. The summed E-state index contributed by atoms with van der Waals surface area (Å²) in [6.45, 7) is 12.7. The predicted molar refractivity (Wildman–Crippen MR) is 145 cm³/mol. The van der Waals surface area contributed by atoms with Crippen molar-refractivity contribution in [3.05, 3.63) is 25.3 Å². The Morgan fingerprint density at radius 3 is 2.70 bits per heavy atom. The van der Waals surface area contributed by atoms with Crippen molar-refractivity contribution in [1.82, 2.24) is 9.80 Å². The number of amides is 2. The summed E-state index contributed by atoms with van der Waals surface area (Å²) >= 11 is 3.69. The molecule has 3 saturated heterocycles. The van der Waals surface area contributed by atoms with Gasteiger partial charge in [0, 0.05) is 30.6 Å². The lowest BCUT2D eigenvalue weighted by Crippen LogP contribution is -2.58. The number of nitrogens with zero attached hydrogens (tertiary/aromatic N) is 2. The normalized spacial score (nSPS) is 30.8. The minimum Gasteiger partial charge on any atom is -0.465 e. The molecular formula is C28H43BrN2O6. The highest BCUT2D eigenvalue weighted by Gasteiger charge is 2.77. The first-order chi connectivity index (χ1) is 17.8. The number of fused-ring (bicyclic) bond motifs is 1. The summed E-state index contributed by atoms with van der Waals surface area (Å²) < 4.78 is 12.1. The van der Waals surface area contributed by atoms with Gasteiger partial charge in [0.15, 0.2) is 0 Å². The largest absolute Gasteiger partial charge is 0.465 e. The van der Waals surface area contributed by atoms with Crippen LogP contribution in [-0.4, -0.2) is 87.6 Å². The quantitative estimate of drug-likeness (QED) is 0.129. The van der Waals surface area contributed by atoms with Crippen molar-refractivity contribution in [2.75, 3.05) is 26.3 Å². The Bertz CT molecular complexity index is 853. The fourth-order valence-corrected chi connectivity index (χ4v) is 7.29. The zero-order valence-corrected chi connectivity index (χ0v) is 23.9. The van der Waals surface area contributed by atoms with Gasteiger partial charge in [-0.15, -0.1) is 13.2 Å². The van der Waals surface area contributed by atoms with Crippen LogP contribution >= 0.6 is 15.9 Å². The third-order valence-corrected chi connectivity index (χ3v) is 8.84. The molecule has 3 rings (SSSR count). The van der Waals surface area contributed by atoms with E-state index in [1.807, 2.05) is 6.92 Å². The molecule has 7 atom stereocenters. The molecule has 4 unspecified atom stereocenters. The van der Waals surface area contributed by atoms with E-state index in [9.17, 15) is 19.5 Å². The number of aliphatic hydroxyl groups is 1. The molecule has 3 aliphatic rings. The molecule has 3 heterocycles. The molecule has 0 aromatic heterocycles. The number of ether oxygens (including phenoxy) is 2. The molecular weight excluding hydrogens is 540 g/mol. The van der Waals surface area contributed by atoms with E-state index in [2.05, 4.69) is 36.0 Å². The number of halogens is 1. The molecule has 2 bridgehead atoms. The third kappa shape index (κ3) is 5.83. The molecule has 0 aromatic carbocycles. The van der Waals surface area contributed by atoms with Gasteiger partial charge in [-0.05, 0) is 51.9 Å². The Kier molecular flexibility index (Phi) is 10.8. The van der Waals surface area contributed by atoms with Crippen LogP contribution in [-0.2, 0) is 23.9 Å². The van der Waals surface area contributed by atoms with Gasteiger partial charge < -0.3 is 24.4 Å². The molecule has 0 radical (unpaired) electrons. The molecule has 0 aliphatic carbocycles. The number of esters is 1. The smallest absolute Gasteiger partial charge is 0.312 e. The van der Waals surface area contributed by atoms with E-state index in [0.717, 1.165) is 25.7 Å². The molecule has 1 N–H and O–H groups in total. The van der Waals surface area contributed by atoms with Crippen molar-refractivity contribution in [3.63, 3.8) is 0 Å². The minimum absolute atomic E-state index is 0.0266. The van der Waals surface area contributed by atoms with E-state index in [0.29, 0.717) is 38.8 Å². The van der Waals surface area contributed by atoms with Crippen molar-refractivity contribution in [3.8, 4) is 0 Å². The second-order valence-corrected chi connectivity index (χ2v) is 11.7. The van der Waals surface area contributed by atoms with Crippen LogP contribution in [0.3, 0.4) is 0 Å². The zero-order chi connectivity index (χ0) is 27.2. The fraction of sp³-hybridized carbons (Fsp3) is 0.750. The topological polar surface area (TPSA) is 96.4 Å². The average molecular weight is 584 g/mol. The van der Waals surface area contributed by atoms with Crippen LogP contribution in [0.5, 0.6) is 0 Å². The number of rotatable bonds is 16. The van der Waals surface area contributed by atoms with Gasteiger partial charge in [-0.1, -0.05) is 41.4 Å². The van der Waals surface area contributed by atoms with Crippen molar-refractivity contribution < 1.29 is 29.0 Å². The van der Waals surface area contributed by atoms with Crippen LogP contribution in [0.25, 0.3) is 0 Å². The lowest BCUT2D eigenvalue weighted by atomic mass is 9.70. The number of carbonyl (C=O) groups is 3. The highest BCUT2D eigenvalue weighted by molar-refractivity contribution is 9.09. The van der Waals surface area contributed by atoms with E-state index in [4.69, 9.17) is 9.47 Å². The Morgan fingerprint density at radius 2 is 2.05 bits per heavy atom. The number of hydrogen-bond acceptors (Lipinski definition) is 6. The van der Waals surface area contributed by atoms with Crippen molar-refractivity contribution >= 4 is 33.7 Å². The maximum absolute atomic E-state index is 14.3. The maximum atomic E-state index is 14.3. The van der Waals surface area contributed by atoms with Gasteiger partial charge in [0.2, 0.25) is 11.8 Å². The number of likely N-dealkylation sites (tertiary alicyclic amines) is 1. The number of aliphatic hydroxyl groups excluding tert-OH is 1. The molecule has 8 nitrogen and oxygen atoms in total. The lowest BCUT2D eigenvalue weighted by Gasteiger charge is -2.39. The number of carbonyl (C=O) groups excluding carboxylic acids is 3. The highest BCUT2D eigenvalue weighted by Crippen LogP contribution is 2.60. The summed E-state index contributed by atoms with van der Waals surface area (Å²) in [5.74, 6) is -2.31. The van der Waals surface area contributed by atoms with Gasteiger partial charge in [0.25, 0.3) is 0 Å². The Balaban J connectivity index is 1.96. The summed E-state index contributed by atoms with van der Waals surface area (Å²) in [5.41, 5.74) is -1.08. The van der Waals surface area contributed by atoms with Crippen LogP contribution in [0.1, 0.15) is 65.2 Å². The molecule has 208 valence electrons. The molecule has 1 spiro atoms. The summed E-state index contributed by atoms with van der Waals surface area (Å²) in [7, 11) is 0. The Labute approximate surface area is 229 Å².